The smallest absolute Gasteiger partial charge is 0.327 e. The first-order valence-corrected chi connectivity index (χ1v) is 12.7. The van der Waals surface area contributed by atoms with E-state index in [1.807, 2.05) is 20.8 Å². The van der Waals surface area contributed by atoms with Gasteiger partial charge in [0.25, 0.3) is 10.0 Å². The molecule has 0 radical (unpaired) electrons. The van der Waals surface area contributed by atoms with Crippen LogP contribution in [0.3, 0.4) is 0 Å². The van der Waals surface area contributed by atoms with Crippen LogP contribution in [0.1, 0.15) is 48.9 Å². The average Bonchev–Trinajstić information content (AvgIpc) is 3.08. The minimum Gasteiger partial charge on any atom is -0.487 e. The zero-order valence-electron chi connectivity index (χ0n) is 20.8. The van der Waals surface area contributed by atoms with Gasteiger partial charge < -0.3 is 32.4 Å². The third-order valence-electron chi connectivity index (χ3n) is 5.94. The van der Waals surface area contributed by atoms with Gasteiger partial charge >= 0.3 is 5.97 Å². The fraction of sp³-hybridized carbons (Fsp3) is 0.591. The monoisotopic (exact) mass is 512 g/mol. The molecule has 13 heteroatoms. The van der Waals surface area contributed by atoms with Crippen LogP contribution in [-0.2, 0) is 26.0 Å². The van der Waals surface area contributed by atoms with Crippen molar-refractivity contribution in [2.75, 3.05) is 13.1 Å². The quantitative estimate of drug-likeness (QED) is 0.136. The molecule has 0 unspecified atom stereocenters. The van der Waals surface area contributed by atoms with E-state index >= 15 is 0 Å². The van der Waals surface area contributed by atoms with Gasteiger partial charge in [-0.1, -0.05) is 0 Å². The molecule has 1 aliphatic heterocycles. The molecule has 0 aromatic heterocycles. The lowest BCUT2D eigenvalue weighted by atomic mass is 9.94. The SMILES string of the molecule is Cc1c(C)c(S(=O)(=O)NC(N)=NCCC[C@H](N)C(=O)N[C@@H](CN)C(=O)O)c(C)c2c1OC(C)(C)C2. The number of hydrogen-bond acceptors (Lipinski definition) is 8. The first-order chi connectivity index (χ1) is 16.1. The molecule has 12 nitrogen and oxygen atoms in total. The molecule has 196 valence electrons. The summed E-state index contributed by atoms with van der Waals surface area (Å²) in [4.78, 5) is 27.1. The number of guanidine groups is 1. The molecule has 9 N–H and O–H groups in total. The summed E-state index contributed by atoms with van der Waals surface area (Å²) in [5.74, 6) is -1.46. The Balaban J connectivity index is 2.04. The van der Waals surface area contributed by atoms with E-state index in [1.165, 1.54) is 0 Å². The van der Waals surface area contributed by atoms with E-state index in [4.69, 9.17) is 27.0 Å². The summed E-state index contributed by atoms with van der Waals surface area (Å²) in [6, 6.07) is -2.19. The molecule has 35 heavy (non-hydrogen) atoms. The summed E-state index contributed by atoms with van der Waals surface area (Å²) in [6.45, 7) is 9.07. The zero-order valence-corrected chi connectivity index (χ0v) is 21.6. The third kappa shape index (κ3) is 6.61. The van der Waals surface area contributed by atoms with Crippen molar-refractivity contribution in [3.63, 3.8) is 0 Å². The Morgan fingerprint density at radius 2 is 1.83 bits per heavy atom. The van der Waals surface area contributed by atoms with Gasteiger partial charge in [0.05, 0.1) is 10.9 Å². The van der Waals surface area contributed by atoms with Gasteiger partial charge in [-0.25, -0.2) is 17.9 Å². The molecule has 1 aliphatic rings. The van der Waals surface area contributed by atoms with Crippen LogP contribution in [0.5, 0.6) is 5.75 Å². The first-order valence-electron chi connectivity index (χ1n) is 11.2. The van der Waals surface area contributed by atoms with Crippen molar-refractivity contribution in [1.29, 1.82) is 0 Å². The predicted molar refractivity (Wildman–Crippen MR) is 132 cm³/mol. The lowest BCUT2D eigenvalue weighted by Gasteiger charge is -2.19. The summed E-state index contributed by atoms with van der Waals surface area (Å²) in [5, 5.41) is 11.2. The van der Waals surface area contributed by atoms with Gasteiger partial charge in [-0.3, -0.25) is 9.79 Å². The van der Waals surface area contributed by atoms with E-state index in [2.05, 4.69) is 15.0 Å². The number of benzene rings is 1. The molecule has 2 rings (SSSR count). The zero-order chi connectivity index (χ0) is 26.7. The van der Waals surface area contributed by atoms with Gasteiger partial charge in [0.2, 0.25) is 11.9 Å². The number of nitrogens with two attached hydrogens (primary N) is 3. The second-order valence-electron chi connectivity index (χ2n) is 9.31. The second kappa shape index (κ2) is 10.8. The molecule has 0 bridgehead atoms. The Kier molecular flexibility index (Phi) is 8.74. The van der Waals surface area contributed by atoms with Crippen LogP contribution >= 0.6 is 0 Å². The first kappa shape index (κ1) is 28.3. The van der Waals surface area contributed by atoms with Gasteiger partial charge in [0.15, 0.2) is 0 Å². The Morgan fingerprint density at radius 1 is 1.20 bits per heavy atom. The van der Waals surface area contributed by atoms with Crippen molar-refractivity contribution < 1.29 is 27.9 Å². The van der Waals surface area contributed by atoms with E-state index in [0.29, 0.717) is 24.0 Å². The molecule has 0 fully saturated rings. The number of carboxylic acid groups (broad SMARTS) is 1. The number of aliphatic imine (C=N–C) groups is 1. The molecule has 1 aromatic rings. The Labute approximate surface area is 205 Å². The number of carbonyl (C=O) groups is 2. The van der Waals surface area contributed by atoms with Crippen LogP contribution < -0.4 is 32.0 Å². The summed E-state index contributed by atoms with van der Waals surface area (Å²) in [6.07, 6.45) is 1.10. The van der Waals surface area contributed by atoms with Crippen molar-refractivity contribution in [3.05, 3.63) is 22.3 Å². The summed E-state index contributed by atoms with van der Waals surface area (Å²) in [5.41, 5.74) is 19.3. The van der Waals surface area contributed by atoms with E-state index in [1.54, 1.807) is 13.8 Å². The van der Waals surface area contributed by atoms with Crippen LogP contribution in [0.15, 0.2) is 9.89 Å². The van der Waals surface area contributed by atoms with Crippen LogP contribution in [0, 0.1) is 20.8 Å². The van der Waals surface area contributed by atoms with Crippen LogP contribution in [-0.4, -0.2) is 62.1 Å². The van der Waals surface area contributed by atoms with Crippen LogP contribution in [0.4, 0.5) is 0 Å². The highest BCUT2D eigenvalue weighted by atomic mass is 32.2. The largest absolute Gasteiger partial charge is 0.487 e. The lowest BCUT2D eigenvalue weighted by Crippen LogP contribution is -2.51. The molecule has 0 saturated heterocycles. The maximum absolute atomic E-state index is 13.2. The Hall–Kier alpha value is -2.90. The van der Waals surface area contributed by atoms with Gasteiger partial charge in [0, 0.05) is 25.1 Å². The molecule has 1 aromatic carbocycles. The molecule has 0 spiro atoms. The van der Waals surface area contributed by atoms with Crippen molar-refractivity contribution in [2.24, 2.45) is 22.2 Å². The van der Waals surface area contributed by atoms with Gasteiger partial charge in [-0.05, 0) is 64.2 Å². The van der Waals surface area contributed by atoms with Gasteiger partial charge in [0.1, 0.15) is 17.4 Å². The number of carboxylic acids is 1. The minimum atomic E-state index is -4.01. The fourth-order valence-electron chi connectivity index (χ4n) is 4.01. The Bertz CT molecular complexity index is 1130. The van der Waals surface area contributed by atoms with Crippen molar-refractivity contribution in [2.45, 2.75) is 76.5 Å². The highest BCUT2D eigenvalue weighted by molar-refractivity contribution is 7.90. The third-order valence-corrected chi connectivity index (χ3v) is 7.57. The number of ether oxygens (including phenoxy) is 1. The lowest BCUT2D eigenvalue weighted by molar-refractivity contribution is -0.141. The topological polar surface area (TPSA) is 212 Å². The van der Waals surface area contributed by atoms with Crippen LogP contribution in [0.2, 0.25) is 0 Å². The maximum atomic E-state index is 13.2. The number of hydrogen-bond donors (Lipinski definition) is 6. The van der Waals surface area contributed by atoms with E-state index < -0.39 is 39.6 Å². The number of aliphatic carboxylic acids is 1. The number of rotatable bonds is 10. The van der Waals surface area contributed by atoms with E-state index in [9.17, 15) is 18.0 Å². The molecule has 0 aliphatic carbocycles. The highest BCUT2D eigenvalue weighted by Gasteiger charge is 2.36. The summed E-state index contributed by atoms with van der Waals surface area (Å²) < 4.78 is 34.7. The van der Waals surface area contributed by atoms with E-state index in [-0.39, 0.29) is 30.4 Å². The predicted octanol–water partition coefficient (Wildman–Crippen LogP) is -0.446. The number of fused-ring (bicyclic) bond motifs is 1. The minimum absolute atomic E-state index is 0.109. The second-order valence-corrected chi connectivity index (χ2v) is 10.9. The van der Waals surface area contributed by atoms with Crippen LogP contribution in [0.25, 0.3) is 0 Å². The molecule has 0 saturated carbocycles. The van der Waals surface area contributed by atoms with Crippen molar-refractivity contribution in [3.8, 4) is 5.75 Å². The molecular weight excluding hydrogens is 476 g/mol. The number of carbonyl (C=O) groups excluding carboxylic acids is 1. The highest BCUT2D eigenvalue weighted by Crippen LogP contribution is 2.43. The van der Waals surface area contributed by atoms with Gasteiger partial charge in [-0.15, -0.1) is 0 Å². The number of amides is 1. The fourth-order valence-corrected chi connectivity index (χ4v) is 5.54. The van der Waals surface area contributed by atoms with Crippen molar-refractivity contribution >= 4 is 27.9 Å². The molecular formula is C22H36N6O6S. The standard InChI is InChI=1S/C22H36N6O6S/c1-11-12(2)18(13(3)14-9-22(4,5)34-17(11)14)35(32,33)28-21(25)26-8-6-7-15(24)19(29)27-16(10-23)20(30)31/h15-16H,6-10,23-24H2,1-5H3,(H,27,29)(H,30,31)(H3,25,26,28)/t15-,16-/m0/s1. The van der Waals surface area contributed by atoms with Gasteiger partial charge in [-0.2, -0.15) is 0 Å². The normalized spacial score (nSPS) is 16.7. The average molecular weight is 513 g/mol. The summed E-state index contributed by atoms with van der Waals surface area (Å²) in [7, 11) is -4.01. The van der Waals surface area contributed by atoms with E-state index in [0.717, 1.165) is 16.9 Å². The summed E-state index contributed by atoms with van der Waals surface area (Å²) >= 11 is 0. The maximum Gasteiger partial charge on any atom is 0.327 e. The molecule has 1 heterocycles. The number of sulfonamides is 1. The van der Waals surface area contributed by atoms with Crippen molar-refractivity contribution in [1.82, 2.24) is 10.0 Å². The Morgan fingerprint density at radius 3 is 2.40 bits per heavy atom. The molecule has 2 atom stereocenters. The molecule has 1 amide bonds. The number of nitrogens with zero attached hydrogens (tertiary/aromatic N) is 1. The number of nitrogens with one attached hydrogen (secondary N) is 2.